The third-order valence-corrected chi connectivity index (χ3v) is 10.5. The normalized spacial score (nSPS) is 27.4. The first-order chi connectivity index (χ1) is 22.1. The maximum Gasteiger partial charge on any atom is 0.249 e. The molecular weight excluding hydrogens is 594 g/mol. The summed E-state index contributed by atoms with van der Waals surface area (Å²) < 4.78 is 12.7. The second-order valence-electron chi connectivity index (χ2n) is 15.3. The van der Waals surface area contributed by atoms with E-state index in [-0.39, 0.29) is 36.3 Å². The number of amides is 3. The van der Waals surface area contributed by atoms with E-state index in [1.807, 2.05) is 49.9 Å². The van der Waals surface area contributed by atoms with Gasteiger partial charge in [-0.1, -0.05) is 46.8 Å². The van der Waals surface area contributed by atoms with E-state index in [2.05, 4.69) is 47.8 Å². The van der Waals surface area contributed by atoms with Crippen LogP contribution in [0.15, 0.2) is 49.6 Å². The topological polar surface area (TPSA) is 99.6 Å². The van der Waals surface area contributed by atoms with E-state index >= 15 is 4.79 Å². The van der Waals surface area contributed by atoms with E-state index in [1.165, 1.54) is 0 Å². The van der Waals surface area contributed by atoms with Crippen LogP contribution in [-0.4, -0.2) is 87.8 Å². The molecule has 3 aliphatic rings. The number of fused-ring (bicyclic) bond motifs is 1. The molecule has 3 aliphatic heterocycles. The fourth-order valence-electron chi connectivity index (χ4n) is 8.93. The first kappa shape index (κ1) is 36.7. The van der Waals surface area contributed by atoms with Crippen LogP contribution in [-0.2, 0) is 19.1 Å². The van der Waals surface area contributed by atoms with Crippen molar-refractivity contribution in [2.45, 2.75) is 116 Å². The quantitative estimate of drug-likeness (QED) is 0.242. The van der Waals surface area contributed by atoms with Crippen molar-refractivity contribution in [3.05, 3.63) is 49.6 Å². The second-order valence-corrected chi connectivity index (χ2v) is 15.3. The number of aliphatic hydroxyl groups excluding tert-OH is 1. The fourth-order valence-corrected chi connectivity index (χ4v) is 8.93. The summed E-state index contributed by atoms with van der Waals surface area (Å²) in [5.74, 6) is -1.73. The van der Waals surface area contributed by atoms with Gasteiger partial charge in [-0.2, -0.15) is 0 Å². The van der Waals surface area contributed by atoms with E-state index in [0.29, 0.717) is 56.7 Å². The first-order valence-corrected chi connectivity index (χ1v) is 17.3. The minimum absolute atomic E-state index is 0.0756. The minimum Gasteiger partial charge on any atom is -0.494 e. The lowest BCUT2D eigenvalue weighted by atomic mass is 9.64. The van der Waals surface area contributed by atoms with Crippen LogP contribution in [0, 0.1) is 17.3 Å². The Kier molecular flexibility index (Phi) is 10.7. The summed E-state index contributed by atoms with van der Waals surface area (Å²) in [7, 11) is 0. The zero-order valence-corrected chi connectivity index (χ0v) is 29.9. The van der Waals surface area contributed by atoms with Gasteiger partial charge in [-0.05, 0) is 82.6 Å². The maximum atomic E-state index is 15.1. The first-order valence-electron chi connectivity index (χ1n) is 17.3. The van der Waals surface area contributed by atoms with Crippen molar-refractivity contribution < 1.29 is 29.0 Å². The third kappa shape index (κ3) is 6.38. The summed E-state index contributed by atoms with van der Waals surface area (Å²) in [6.07, 6.45) is 6.11. The molecule has 3 amide bonds. The van der Waals surface area contributed by atoms with Crippen molar-refractivity contribution in [3.63, 3.8) is 0 Å². The second kappa shape index (κ2) is 13.7. The lowest BCUT2D eigenvalue weighted by molar-refractivity contribution is -0.160. The number of hydrogen-bond donors (Lipinski definition) is 1. The van der Waals surface area contributed by atoms with Gasteiger partial charge < -0.3 is 29.3 Å². The van der Waals surface area contributed by atoms with Gasteiger partial charge >= 0.3 is 0 Å². The molecule has 1 aromatic rings. The Hall–Kier alpha value is -3.17. The third-order valence-electron chi connectivity index (χ3n) is 10.5. The Morgan fingerprint density at radius 1 is 1.06 bits per heavy atom. The highest BCUT2D eigenvalue weighted by Crippen LogP contribution is 2.65. The molecule has 9 nitrogen and oxygen atoms in total. The summed E-state index contributed by atoms with van der Waals surface area (Å²) in [4.78, 5) is 49.9. The highest BCUT2D eigenvalue weighted by molar-refractivity contribution is 6.03. The van der Waals surface area contributed by atoms with Crippen LogP contribution in [0.4, 0.5) is 5.69 Å². The Balaban J connectivity index is 1.85. The van der Waals surface area contributed by atoms with Crippen molar-refractivity contribution >= 4 is 23.4 Å². The Labute approximate surface area is 281 Å². The minimum atomic E-state index is -1.21. The maximum absolute atomic E-state index is 15.1. The Bertz CT molecular complexity index is 1330. The molecule has 1 N–H and O–H groups in total. The molecule has 9 heteroatoms. The number of hydrogen-bond acceptors (Lipinski definition) is 6. The Morgan fingerprint density at radius 3 is 2.21 bits per heavy atom. The van der Waals surface area contributed by atoms with Crippen molar-refractivity contribution in [3.8, 4) is 5.75 Å². The molecule has 47 heavy (non-hydrogen) atoms. The number of likely N-dealkylation sites (tertiary alicyclic amines) is 1. The van der Waals surface area contributed by atoms with Gasteiger partial charge in [0, 0.05) is 24.3 Å². The van der Waals surface area contributed by atoms with Gasteiger partial charge in [0.05, 0.1) is 36.7 Å². The van der Waals surface area contributed by atoms with Crippen molar-refractivity contribution in [1.82, 2.24) is 9.80 Å². The van der Waals surface area contributed by atoms with Gasteiger partial charge in [0.2, 0.25) is 17.7 Å². The number of aliphatic hydroxyl groups is 1. The van der Waals surface area contributed by atoms with Gasteiger partial charge in [0.25, 0.3) is 0 Å². The van der Waals surface area contributed by atoms with Crippen LogP contribution >= 0.6 is 0 Å². The average molecular weight is 652 g/mol. The van der Waals surface area contributed by atoms with E-state index < -0.39 is 40.7 Å². The Morgan fingerprint density at radius 2 is 1.70 bits per heavy atom. The number of anilines is 1. The summed E-state index contributed by atoms with van der Waals surface area (Å²) in [6.45, 7) is 25.0. The van der Waals surface area contributed by atoms with Gasteiger partial charge in [-0.25, -0.2) is 0 Å². The predicted molar refractivity (Wildman–Crippen MR) is 185 cm³/mol. The number of carbonyl (C=O) groups is 3. The zero-order valence-electron chi connectivity index (χ0n) is 29.9. The van der Waals surface area contributed by atoms with Crippen LogP contribution in [0.3, 0.4) is 0 Å². The molecule has 0 saturated carbocycles. The van der Waals surface area contributed by atoms with E-state index in [0.717, 1.165) is 0 Å². The lowest BCUT2D eigenvalue weighted by Crippen LogP contribution is -2.62. The zero-order chi connectivity index (χ0) is 34.9. The smallest absolute Gasteiger partial charge is 0.249 e. The van der Waals surface area contributed by atoms with Crippen molar-refractivity contribution in [1.29, 1.82) is 0 Å². The number of ether oxygens (including phenoxy) is 2. The monoisotopic (exact) mass is 651 g/mol. The SMILES string of the molecule is C=CCN(C(=O)[C@H]1[C@H]2C(=O)N([C@@H](CC)CO)C(C(=O)N(CC=C)C(C)(C)CC(C)(C)C)C23CC[C@]1(CC)O3)c1ccc(OCC)cc1. The molecule has 3 saturated heterocycles. The number of rotatable bonds is 15. The van der Waals surface area contributed by atoms with Crippen LogP contribution in [0.1, 0.15) is 87.5 Å². The fraction of sp³-hybridized carbons (Fsp3) is 0.658. The molecule has 0 aromatic heterocycles. The molecule has 6 atom stereocenters. The molecule has 3 heterocycles. The van der Waals surface area contributed by atoms with Crippen molar-refractivity contribution in [2.75, 3.05) is 31.2 Å². The van der Waals surface area contributed by atoms with Crippen LogP contribution < -0.4 is 9.64 Å². The summed E-state index contributed by atoms with van der Waals surface area (Å²) >= 11 is 0. The molecular formula is C38H57N3O6. The van der Waals surface area contributed by atoms with Crippen LogP contribution in [0.5, 0.6) is 5.75 Å². The van der Waals surface area contributed by atoms with Crippen molar-refractivity contribution in [2.24, 2.45) is 17.3 Å². The van der Waals surface area contributed by atoms with Crippen LogP contribution in [0.25, 0.3) is 0 Å². The van der Waals surface area contributed by atoms with E-state index in [4.69, 9.17) is 9.47 Å². The summed E-state index contributed by atoms with van der Waals surface area (Å²) in [6, 6.07) is 5.75. The lowest BCUT2D eigenvalue weighted by Gasteiger charge is -2.46. The average Bonchev–Trinajstić information content (AvgIpc) is 3.62. The van der Waals surface area contributed by atoms with Gasteiger partial charge in [0.15, 0.2) is 0 Å². The summed E-state index contributed by atoms with van der Waals surface area (Å²) in [5.41, 5.74) is -2.09. The number of carbonyl (C=O) groups excluding carboxylic acids is 3. The van der Waals surface area contributed by atoms with Crippen LogP contribution in [0.2, 0.25) is 0 Å². The molecule has 4 rings (SSSR count). The van der Waals surface area contributed by atoms with E-state index in [1.54, 1.807) is 22.0 Å². The molecule has 2 unspecified atom stereocenters. The van der Waals surface area contributed by atoms with Gasteiger partial charge in [-0.3, -0.25) is 14.4 Å². The molecule has 0 radical (unpaired) electrons. The van der Waals surface area contributed by atoms with Gasteiger partial charge in [0.1, 0.15) is 17.4 Å². The standard InChI is InChI=1S/C38H57N3O6/c1-11-22-39(27-16-18-28(19-17-27)46-15-5)32(43)29-30-33(44)41(26(13-3)24-42)31(38(30)21-20-37(29,14-4)47-38)34(45)40(23-12-2)36(9,10)25-35(6,7)8/h11-12,16-19,26,29-31,42H,1-2,13-15,20-25H2,3-10H3/t26-,29+,30-,31?,37-,38?/m0/s1. The highest BCUT2D eigenvalue weighted by Gasteiger charge is 2.79. The largest absolute Gasteiger partial charge is 0.494 e. The molecule has 3 fully saturated rings. The van der Waals surface area contributed by atoms with Gasteiger partial charge in [-0.15, -0.1) is 13.2 Å². The summed E-state index contributed by atoms with van der Waals surface area (Å²) in [5, 5.41) is 10.6. The molecule has 260 valence electrons. The predicted octanol–water partition coefficient (Wildman–Crippen LogP) is 5.76. The number of nitrogens with zero attached hydrogens (tertiary/aromatic N) is 3. The highest BCUT2D eigenvalue weighted by atomic mass is 16.5. The van der Waals surface area contributed by atoms with E-state index in [9.17, 15) is 14.7 Å². The molecule has 1 spiro atoms. The molecule has 2 bridgehead atoms. The molecule has 0 aliphatic carbocycles. The molecule has 1 aromatic carbocycles. The number of benzene rings is 1.